The normalized spacial score (nSPS) is 13.5. The molecule has 2 aromatic rings. The molecule has 0 saturated carbocycles. The number of anilines is 1. The van der Waals surface area contributed by atoms with Crippen molar-refractivity contribution in [3.05, 3.63) is 71.6 Å². The Morgan fingerprint density at radius 1 is 0.857 bits per heavy atom. The van der Waals surface area contributed by atoms with Gasteiger partial charge in [0.2, 0.25) is 11.3 Å². The van der Waals surface area contributed by atoms with E-state index < -0.39 is 0 Å². The molecule has 42 heavy (non-hydrogen) atoms. The first kappa shape index (κ1) is 29.6. The van der Waals surface area contributed by atoms with E-state index in [2.05, 4.69) is 73.6 Å². The molecule has 0 radical (unpaired) electrons. The molecule has 0 aromatic heterocycles. The first-order valence-corrected chi connectivity index (χ1v) is 15.5. The summed E-state index contributed by atoms with van der Waals surface area (Å²) in [7, 11) is 0. The molecule has 0 atom stereocenters. The molecule has 0 N–H and O–H groups in total. The monoisotopic (exact) mass is 587 g/mol. The number of piperazine rings is 1. The summed E-state index contributed by atoms with van der Waals surface area (Å²) in [6.45, 7) is 14.1. The van der Waals surface area contributed by atoms with E-state index in [4.69, 9.17) is 16.0 Å². The first-order chi connectivity index (χ1) is 20.4. The van der Waals surface area contributed by atoms with Crippen molar-refractivity contribution in [3.8, 4) is 22.5 Å². The van der Waals surface area contributed by atoms with Gasteiger partial charge in [0.1, 0.15) is 30.3 Å². The fourth-order valence-corrected chi connectivity index (χ4v) is 6.20. The second-order valence-corrected chi connectivity index (χ2v) is 10.8. The minimum atomic E-state index is -0.0942. The smallest absolute Gasteiger partial charge is 0.254 e. The van der Waals surface area contributed by atoms with E-state index in [0.717, 1.165) is 70.6 Å². The van der Waals surface area contributed by atoms with Gasteiger partial charge in [0.05, 0.1) is 6.07 Å². The van der Waals surface area contributed by atoms with Crippen LogP contribution in [0.15, 0.2) is 65.1 Å². The lowest BCUT2D eigenvalue weighted by atomic mass is 9.90. The van der Waals surface area contributed by atoms with Gasteiger partial charge in [0.25, 0.3) is 5.91 Å². The minimum absolute atomic E-state index is 0.0369. The maximum absolute atomic E-state index is 14.0. The average Bonchev–Trinajstić information content (AvgIpc) is 3.04. The molecular weight excluding hydrogens is 548 g/mol. The van der Waals surface area contributed by atoms with Crippen LogP contribution in [0.2, 0.25) is 0 Å². The minimum Gasteiger partial charge on any atom is -0.456 e. The molecule has 0 spiro atoms. The van der Waals surface area contributed by atoms with Crippen molar-refractivity contribution in [3.63, 3.8) is 0 Å². The maximum Gasteiger partial charge on any atom is 0.254 e. The van der Waals surface area contributed by atoms with Gasteiger partial charge in [-0.1, -0.05) is 18.2 Å². The molecule has 0 unspecified atom stereocenters. The highest BCUT2D eigenvalue weighted by Crippen LogP contribution is 2.42. The number of fused-ring (bicyclic) bond motifs is 2. The fraction of sp³-hybridized carbons (Fsp3) is 0.382. The molecule has 3 aliphatic rings. The summed E-state index contributed by atoms with van der Waals surface area (Å²) in [5.74, 6) is 0.615. The highest BCUT2D eigenvalue weighted by atomic mass is 35.5. The van der Waals surface area contributed by atoms with E-state index in [9.17, 15) is 9.59 Å². The van der Waals surface area contributed by atoms with E-state index in [1.165, 1.54) is 0 Å². The Labute approximate surface area is 252 Å². The summed E-state index contributed by atoms with van der Waals surface area (Å²) in [5.41, 5.74) is 5.36. The zero-order valence-electron chi connectivity index (χ0n) is 25.0. The number of carbonyl (C=O) groups is 2. The SMILES string of the molecule is CCN(CC)c1ccc2c(-c3ccccc3C(=O)N3CCN(C(=O)CCl)CC3)c3ccc(=[N+](CC)CC)cc-3oc2c1. The predicted molar refractivity (Wildman–Crippen MR) is 171 cm³/mol. The van der Waals surface area contributed by atoms with E-state index in [1.54, 1.807) is 4.90 Å². The van der Waals surface area contributed by atoms with Crippen LogP contribution in [0, 0.1) is 0 Å². The Morgan fingerprint density at radius 3 is 2.21 bits per heavy atom. The summed E-state index contributed by atoms with van der Waals surface area (Å²) < 4.78 is 8.94. The summed E-state index contributed by atoms with van der Waals surface area (Å²) >= 11 is 5.77. The number of alkyl halides is 1. The maximum atomic E-state index is 14.0. The van der Waals surface area contributed by atoms with Crippen LogP contribution in [0.5, 0.6) is 0 Å². The van der Waals surface area contributed by atoms with Crippen molar-refractivity contribution < 1.29 is 14.0 Å². The van der Waals surface area contributed by atoms with E-state index in [-0.39, 0.29) is 17.7 Å². The highest BCUT2D eigenvalue weighted by Gasteiger charge is 2.28. The van der Waals surface area contributed by atoms with Crippen LogP contribution in [0.3, 0.4) is 0 Å². The Balaban J connectivity index is 1.69. The molecule has 220 valence electrons. The molecule has 1 aliphatic carbocycles. The number of halogens is 1. The third kappa shape index (κ3) is 5.62. The molecule has 5 rings (SSSR count). The van der Waals surface area contributed by atoms with Crippen molar-refractivity contribution >= 4 is 40.1 Å². The van der Waals surface area contributed by atoms with E-state index in [0.29, 0.717) is 31.7 Å². The van der Waals surface area contributed by atoms with Gasteiger partial charge in [-0.2, -0.15) is 0 Å². The number of benzene rings is 3. The lowest BCUT2D eigenvalue weighted by Crippen LogP contribution is -2.51. The van der Waals surface area contributed by atoms with E-state index >= 15 is 0 Å². The Morgan fingerprint density at radius 2 is 1.55 bits per heavy atom. The molecule has 1 saturated heterocycles. The number of amides is 2. The van der Waals surface area contributed by atoms with Gasteiger partial charge >= 0.3 is 0 Å². The molecule has 0 bridgehead atoms. The third-order valence-electron chi connectivity index (χ3n) is 8.41. The fourth-order valence-electron chi connectivity index (χ4n) is 6.03. The van der Waals surface area contributed by atoms with Crippen LogP contribution >= 0.6 is 11.6 Å². The third-order valence-corrected chi connectivity index (χ3v) is 8.64. The molecular formula is C34H40ClN4O3+. The molecule has 2 heterocycles. The summed E-state index contributed by atoms with van der Waals surface area (Å²) in [6.07, 6.45) is 0. The topological polar surface area (TPSA) is 60.0 Å². The Bertz CT molecular complexity index is 1630. The lowest BCUT2D eigenvalue weighted by molar-refractivity contribution is -0.129. The van der Waals surface area contributed by atoms with Crippen molar-refractivity contribution in [2.75, 3.05) is 63.1 Å². The second-order valence-electron chi connectivity index (χ2n) is 10.5. The number of rotatable bonds is 8. The summed E-state index contributed by atoms with van der Waals surface area (Å²) in [6, 6.07) is 20.6. The van der Waals surface area contributed by atoms with E-state index in [1.807, 2.05) is 29.2 Å². The number of carbonyl (C=O) groups excluding carboxylic acids is 2. The quantitative estimate of drug-likeness (QED) is 0.158. The van der Waals surface area contributed by atoms with Crippen LogP contribution < -0.4 is 14.8 Å². The van der Waals surface area contributed by atoms with Crippen molar-refractivity contribution in [2.24, 2.45) is 0 Å². The molecule has 8 heteroatoms. The molecule has 7 nitrogen and oxygen atoms in total. The number of hydrogen-bond acceptors (Lipinski definition) is 4. The molecule has 1 fully saturated rings. The van der Waals surface area contributed by atoms with Crippen molar-refractivity contribution in [1.82, 2.24) is 14.4 Å². The van der Waals surface area contributed by atoms with Gasteiger partial charge < -0.3 is 19.1 Å². The van der Waals surface area contributed by atoms with Gasteiger partial charge in [-0.3, -0.25) is 9.59 Å². The van der Waals surface area contributed by atoms with Gasteiger partial charge in [-0.05, 0) is 57.5 Å². The number of nitrogens with zero attached hydrogens (tertiary/aromatic N) is 4. The summed E-state index contributed by atoms with van der Waals surface area (Å²) in [5, 5.41) is 2.07. The zero-order chi connectivity index (χ0) is 29.8. The zero-order valence-corrected chi connectivity index (χ0v) is 25.8. The van der Waals surface area contributed by atoms with Crippen molar-refractivity contribution in [2.45, 2.75) is 27.7 Å². The van der Waals surface area contributed by atoms with Gasteiger partial charge in [0.15, 0.2) is 0 Å². The molecule has 2 amide bonds. The predicted octanol–water partition coefficient (Wildman–Crippen LogP) is 5.39. The average molecular weight is 588 g/mol. The number of hydrogen-bond donors (Lipinski definition) is 0. The van der Waals surface area contributed by atoms with Crippen LogP contribution in [-0.4, -0.2) is 79.9 Å². The Kier molecular flexibility index (Phi) is 9.17. The van der Waals surface area contributed by atoms with Crippen LogP contribution in [0.1, 0.15) is 38.1 Å². The second kappa shape index (κ2) is 13.0. The van der Waals surface area contributed by atoms with Crippen LogP contribution in [0.4, 0.5) is 5.69 Å². The van der Waals surface area contributed by atoms with Gasteiger partial charge in [-0.15, -0.1) is 11.6 Å². The van der Waals surface area contributed by atoms with Crippen molar-refractivity contribution in [1.29, 1.82) is 0 Å². The lowest BCUT2D eigenvalue weighted by Gasteiger charge is -2.35. The van der Waals surface area contributed by atoms with Crippen LogP contribution in [-0.2, 0) is 4.79 Å². The van der Waals surface area contributed by atoms with Crippen LogP contribution in [0.25, 0.3) is 33.4 Å². The molecule has 2 aliphatic heterocycles. The Hall–Kier alpha value is -3.84. The summed E-state index contributed by atoms with van der Waals surface area (Å²) in [4.78, 5) is 32.0. The van der Waals surface area contributed by atoms with Gasteiger partial charge in [-0.25, -0.2) is 4.58 Å². The highest BCUT2D eigenvalue weighted by molar-refractivity contribution is 6.27. The first-order valence-electron chi connectivity index (χ1n) is 15.0. The van der Waals surface area contributed by atoms with Gasteiger partial charge in [0, 0.05) is 79.2 Å². The standard InChI is InChI=1S/C34H40ClN4O3/c1-5-36(6-2)24-13-15-28-30(21-24)42-31-22-25(37(7-3)8-4)14-16-29(31)33(28)26-11-9-10-12-27(26)34(41)39-19-17-38(18-20-39)32(40)23-35/h9-16,21-22H,5-8,17-20,23H2,1-4H3/q+1. The molecule has 2 aromatic carbocycles. The largest absolute Gasteiger partial charge is 0.456 e.